The summed E-state index contributed by atoms with van der Waals surface area (Å²) in [7, 11) is 1.73. The fraction of sp³-hybridized carbons (Fsp3) is 0.296. The maximum atomic E-state index is 13.7. The van der Waals surface area contributed by atoms with Crippen LogP contribution in [0.1, 0.15) is 18.9 Å². The number of carbonyl (C=O) groups is 1. The number of fused-ring (bicyclic) bond motifs is 1. The lowest BCUT2D eigenvalue weighted by Crippen LogP contribution is -2.28. The summed E-state index contributed by atoms with van der Waals surface area (Å²) in [6.07, 6.45) is 4.30. The molecule has 3 N–H and O–H groups in total. The van der Waals surface area contributed by atoms with E-state index in [4.69, 9.17) is 21.1 Å². The number of halogens is 2. The van der Waals surface area contributed by atoms with Crippen LogP contribution in [0, 0.1) is 17.1 Å². The van der Waals surface area contributed by atoms with Gasteiger partial charge in [-0.25, -0.2) is 4.39 Å². The maximum Gasteiger partial charge on any atom is 0.248 e. The molecule has 1 amide bonds. The van der Waals surface area contributed by atoms with Crippen LogP contribution in [0.25, 0.3) is 10.9 Å². The number of hydrogen-bond donors (Lipinski definition) is 3. The van der Waals surface area contributed by atoms with Gasteiger partial charge in [0.25, 0.3) is 0 Å². The van der Waals surface area contributed by atoms with Crippen molar-refractivity contribution in [3.05, 3.63) is 65.1 Å². The number of aliphatic hydroxyl groups excluding tert-OH is 1. The van der Waals surface area contributed by atoms with E-state index in [1.165, 1.54) is 30.5 Å². The minimum atomic E-state index is -0.652. The van der Waals surface area contributed by atoms with Crippen molar-refractivity contribution < 1.29 is 23.8 Å². The number of rotatable bonds is 9. The predicted molar refractivity (Wildman–Crippen MR) is 143 cm³/mol. The van der Waals surface area contributed by atoms with Crippen LogP contribution in [0.15, 0.2) is 48.7 Å². The Labute approximate surface area is 224 Å². The van der Waals surface area contributed by atoms with Gasteiger partial charge in [-0.3, -0.25) is 14.7 Å². The van der Waals surface area contributed by atoms with E-state index in [0.717, 1.165) is 0 Å². The first kappa shape index (κ1) is 27.3. The molecule has 0 spiro atoms. The Morgan fingerprint density at radius 3 is 2.95 bits per heavy atom. The Morgan fingerprint density at radius 1 is 1.45 bits per heavy atom. The molecule has 2 atom stereocenters. The van der Waals surface area contributed by atoms with Gasteiger partial charge in [0, 0.05) is 42.4 Å². The molecule has 1 aliphatic heterocycles. The number of aromatic nitrogens is 1. The average molecular weight is 540 g/mol. The highest BCUT2D eigenvalue weighted by Crippen LogP contribution is 2.37. The molecule has 2 heterocycles. The van der Waals surface area contributed by atoms with Crippen molar-refractivity contribution in [1.29, 1.82) is 5.26 Å². The van der Waals surface area contributed by atoms with Gasteiger partial charge in [0.2, 0.25) is 5.91 Å². The van der Waals surface area contributed by atoms with Crippen molar-refractivity contribution in [2.24, 2.45) is 0 Å². The largest absolute Gasteiger partial charge is 0.486 e. The number of aliphatic hydroxyl groups is 1. The number of pyridine rings is 1. The maximum absolute atomic E-state index is 13.7. The molecular weight excluding hydrogens is 513 g/mol. The van der Waals surface area contributed by atoms with Crippen LogP contribution >= 0.6 is 11.6 Å². The lowest BCUT2D eigenvalue weighted by atomic mass is 10.1. The third-order valence-corrected chi connectivity index (χ3v) is 6.31. The van der Waals surface area contributed by atoms with Crippen molar-refractivity contribution in [1.82, 2.24) is 9.88 Å². The smallest absolute Gasteiger partial charge is 0.248 e. The zero-order valence-corrected chi connectivity index (χ0v) is 21.6. The molecule has 1 aromatic heterocycles. The Kier molecular flexibility index (Phi) is 8.76. The minimum absolute atomic E-state index is 0.0673. The lowest BCUT2D eigenvalue weighted by molar-refractivity contribution is -0.112. The summed E-state index contributed by atoms with van der Waals surface area (Å²) in [5.74, 6) is -0.559. The van der Waals surface area contributed by atoms with Crippen LogP contribution in [0.5, 0.6) is 5.75 Å². The molecule has 0 aliphatic carbocycles. The Hall–Kier alpha value is -3.75. The standard InChI is InChI=1S/C27H27ClFN5O4/c1-16(35)34(2)8-3-4-26(36)33-24-11-20-23(12-25(24)38-19-7-9-37-15-19)31-14-17(13-30)27(20)32-18-5-6-22(29)21(28)10-18/h3-6,10-12,14,16,19,35H,7-9,15H2,1-2H3,(H,31,32)(H,33,36)/b4-3+/t16-,19?/m0/s1. The molecule has 2 aromatic carbocycles. The van der Waals surface area contributed by atoms with E-state index < -0.39 is 18.0 Å². The van der Waals surface area contributed by atoms with Gasteiger partial charge in [0.15, 0.2) is 0 Å². The Morgan fingerprint density at radius 2 is 2.26 bits per heavy atom. The van der Waals surface area contributed by atoms with E-state index in [9.17, 15) is 19.6 Å². The number of nitriles is 1. The number of nitrogens with zero attached hydrogens (tertiary/aromatic N) is 3. The third-order valence-electron chi connectivity index (χ3n) is 6.02. The number of carbonyl (C=O) groups excluding carboxylic acids is 1. The summed E-state index contributed by atoms with van der Waals surface area (Å²) in [4.78, 5) is 18.8. The molecule has 11 heteroatoms. The molecule has 1 unspecified atom stereocenters. The molecule has 1 aliphatic rings. The second-order valence-electron chi connectivity index (χ2n) is 8.84. The second kappa shape index (κ2) is 12.2. The van der Waals surface area contributed by atoms with E-state index in [1.807, 2.05) is 0 Å². The van der Waals surface area contributed by atoms with Gasteiger partial charge in [-0.15, -0.1) is 0 Å². The molecular formula is C27H27ClFN5O4. The lowest BCUT2D eigenvalue weighted by Gasteiger charge is -2.19. The van der Waals surface area contributed by atoms with E-state index >= 15 is 0 Å². The van der Waals surface area contributed by atoms with Gasteiger partial charge in [0.1, 0.15) is 30.0 Å². The molecule has 0 saturated carbocycles. The van der Waals surface area contributed by atoms with Crippen molar-refractivity contribution in [2.75, 3.05) is 37.4 Å². The van der Waals surface area contributed by atoms with E-state index in [2.05, 4.69) is 21.7 Å². The first-order chi connectivity index (χ1) is 18.2. The van der Waals surface area contributed by atoms with Gasteiger partial charge in [-0.05, 0) is 38.2 Å². The highest BCUT2D eigenvalue weighted by atomic mass is 35.5. The molecule has 3 aromatic rings. The topological polar surface area (TPSA) is 120 Å². The van der Waals surface area contributed by atoms with Crippen LogP contribution in [-0.2, 0) is 9.53 Å². The molecule has 0 radical (unpaired) electrons. The molecule has 38 heavy (non-hydrogen) atoms. The zero-order chi connectivity index (χ0) is 27.2. The third kappa shape index (κ3) is 6.57. The fourth-order valence-electron chi connectivity index (χ4n) is 3.79. The first-order valence-corrected chi connectivity index (χ1v) is 12.3. The minimum Gasteiger partial charge on any atom is -0.486 e. The van der Waals surface area contributed by atoms with Crippen LogP contribution in [0.2, 0.25) is 5.02 Å². The summed E-state index contributed by atoms with van der Waals surface area (Å²) >= 11 is 5.94. The van der Waals surface area contributed by atoms with Crippen LogP contribution in [-0.4, -0.2) is 60.0 Å². The molecule has 198 valence electrons. The summed E-state index contributed by atoms with van der Waals surface area (Å²) in [6, 6.07) is 9.63. The number of benzene rings is 2. The second-order valence-corrected chi connectivity index (χ2v) is 9.25. The van der Waals surface area contributed by atoms with E-state index in [0.29, 0.717) is 59.9 Å². The number of ether oxygens (including phenoxy) is 2. The Balaban J connectivity index is 1.72. The molecule has 9 nitrogen and oxygen atoms in total. The van der Waals surface area contributed by atoms with Gasteiger partial charge in [0.05, 0.1) is 40.7 Å². The van der Waals surface area contributed by atoms with Gasteiger partial charge >= 0.3 is 0 Å². The summed E-state index contributed by atoms with van der Waals surface area (Å²) < 4.78 is 25.3. The van der Waals surface area contributed by atoms with Gasteiger partial charge in [-0.1, -0.05) is 17.7 Å². The monoisotopic (exact) mass is 539 g/mol. The van der Waals surface area contributed by atoms with Crippen molar-refractivity contribution in [3.8, 4) is 11.8 Å². The number of anilines is 3. The SMILES string of the molecule is C[C@H](O)N(C)C/C=C/C(=O)Nc1cc2c(Nc3ccc(F)c(Cl)c3)c(C#N)cnc2cc1OC1CCOC1. The van der Waals surface area contributed by atoms with Crippen LogP contribution in [0.3, 0.4) is 0 Å². The highest BCUT2D eigenvalue weighted by Gasteiger charge is 2.21. The molecule has 1 fully saturated rings. The number of likely N-dealkylation sites (N-methyl/N-ethyl adjacent to an activating group) is 1. The quantitative estimate of drug-likeness (QED) is 0.267. The normalized spacial score (nSPS) is 16.1. The van der Waals surface area contributed by atoms with Crippen LogP contribution in [0.4, 0.5) is 21.5 Å². The van der Waals surface area contributed by atoms with Crippen molar-refractivity contribution >= 4 is 45.5 Å². The first-order valence-electron chi connectivity index (χ1n) is 11.9. The van der Waals surface area contributed by atoms with Gasteiger partial charge in [-0.2, -0.15) is 5.26 Å². The number of nitrogens with one attached hydrogen (secondary N) is 2. The Bertz CT molecular complexity index is 1400. The molecule has 1 saturated heterocycles. The summed E-state index contributed by atoms with van der Waals surface area (Å²) in [5.41, 5.74) is 2.02. The number of amides is 1. The zero-order valence-electron chi connectivity index (χ0n) is 20.9. The van der Waals surface area contributed by atoms with Crippen molar-refractivity contribution in [3.63, 3.8) is 0 Å². The average Bonchev–Trinajstić information content (AvgIpc) is 3.40. The molecule has 4 rings (SSSR count). The van der Waals surface area contributed by atoms with Gasteiger partial charge < -0.3 is 25.2 Å². The van der Waals surface area contributed by atoms with Crippen LogP contribution < -0.4 is 15.4 Å². The highest BCUT2D eigenvalue weighted by molar-refractivity contribution is 6.31. The summed E-state index contributed by atoms with van der Waals surface area (Å²) in [6.45, 7) is 3.01. The fourth-order valence-corrected chi connectivity index (χ4v) is 3.97. The van der Waals surface area contributed by atoms with Crippen molar-refractivity contribution in [2.45, 2.75) is 25.7 Å². The molecule has 0 bridgehead atoms. The number of hydrogen-bond acceptors (Lipinski definition) is 8. The van der Waals surface area contributed by atoms with E-state index in [-0.39, 0.29) is 16.7 Å². The predicted octanol–water partition coefficient (Wildman–Crippen LogP) is 4.58. The summed E-state index contributed by atoms with van der Waals surface area (Å²) in [5, 5.41) is 25.8. The van der Waals surface area contributed by atoms with E-state index in [1.54, 1.807) is 37.1 Å².